The molecule has 0 unspecified atom stereocenters. The van der Waals surface area contributed by atoms with Crippen LogP contribution in [0, 0.1) is 0 Å². The molecule has 0 bridgehead atoms. The van der Waals surface area contributed by atoms with Gasteiger partial charge in [0.2, 0.25) is 0 Å². The van der Waals surface area contributed by atoms with Crippen LogP contribution >= 0.6 is 0 Å². The molecule has 1 aromatic carbocycles. The molecule has 4 rings (SSSR count). The second-order valence-electron chi connectivity index (χ2n) is 6.62. The highest BCUT2D eigenvalue weighted by molar-refractivity contribution is 5.94. The van der Waals surface area contributed by atoms with Gasteiger partial charge in [0.25, 0.3) is 5.91 Å². The molecular weight excluding hydrogens is 318 g/mol. The molecule has 6 heteroatoms. The number of aromatic nitrogens is 1. The maximum atomic E-state index is 12.3. The highest BCUT2D eigenvalue weighted by Gasteiger charge is 2.38. The summed E-state index contributed by atoms with van der Waals surface area (Å²) in [6, 6.07) is 13.7. The Labute approximate surface area is 146 Å². The van der Waals surface area contributed by atoms with E-state index in [1.807, 2.05) is 18.2 Å². The maximum Gasteiger partial charge on any atom is 0.273 e. The van der Waals surface area contributed by atoms with Gasteiger partial charge in [-0.05, 0) is 24.1 Å². The summed E-state index contributed by atoms with van der Waals surface area (Å²) >= 11 is 0. The molecular formula is C19H21N3O3. The van der Waals surface area contributed by atoms with Gasteiger partial charge in [-0.1, -0.05) is 30.3 Å². The highest BCUT2D eigenvalue weighted by atomic mass is 16.5. The summed E-state index contributed by atoms with van der Waals surface area (Å²) in [4.78, 5) is 18.7. The summed E-state index contributed by atoms with van der Waals surface area (Å²) in [6.45, 7) is 2.29. The Morgan fingerprint density at radius 2 is 2.04 bits per heavy atom. The lowest BCUT2D eigenvalue weighted by Gasteiger charge is -2.35. The van der Waals surface area contributed by atoms with E-state index < -0.39 is 0 Å². The Bertz CT molecular complexity index is 753. The second kappa shape index (κ2) is 6.82. The van der Waals surface area contributed by atoms with Crippen molar-refractivity contribution in [3.05, 3.63) is 59.9 Å². The molecule has 2 N–H and O–H groups in total. The van der Waals surface area contributed by atoms with Gasteiger partial charge in [0.05, 0.1) is 12.7 Å². The standard InChI is InChI=1S/C19H21N3O3/c23-16-7-4-8-20-18(16)19(24)21-14-9-15-12-25-17(11-22(15)10-14)13-5-2-1-3-6-13/h1-8,14-15,17,23H,9-12H2,(H,21,24)/t14-,15-,17+/m0/s1. The number of fused-ring (bicyclic) bond motifs is 1. The number of ether oxygens (including phenoxy) is 1. The van der Waals surface area contributed by atoms with Gasteiger partial charge in [-0.2, -0.15) is 0 Å². The normalized spacial score (nSPS) is 26.2. The van der Waals surface area contributed by atoms with Crippen LogP contribution in [0.1, 0.15) is 28.6 Å². The van der Waals surface area contributed by atoms with Gasteiger partial charge in [0.1, 0.15) is 5.75 Å². The summed E-state index contributed by atoms with van der Waals surface area (Å²) in [5, 5.41) is 12.8. The Balaban J connectivity index is 1.38. The smallest absolute Gasteiger partial charge is 0.273 e. The number of hydrogen-bond acceptors (Lipinski definition) is 5. The number of amides is 1. The molecule has 0 aliphatic carbocycles. The number of rotatable bonds is 3. The van der Waals surface area contributed by atoms with Crippen LogP contribution < -0.4 is 5.32 Å². The van der Waals surface area contributed by atoms with Crippen molar-refractivity contribution in [2.24, 2.45) is 0 Å². The summed E-state index contributed by atoms with van der Waals surface area (Å²) in [6.07, 6.45) is 2.43. The molecule has 0 radical (unpaired) electrons. The first kappa shape index (κ1) is 16.1. The number of hydrogen-bond donors (Lipinski definition) is 2. The van der Waals surface area contributed by atoms with Gasteiger partial charge < -0.3 is 15.2 Å². The van der Waals surface area contributed by atoms with Crippen molar-refractivity contribution in [2.45, 2.75) is 24.6 Å². The summed E-state index contributed by atoms with van der Waals surface area (Å²) in [7, 11) is 0. The molecule has 1 amide bonds. The average Bonchev–Trinajstić information content (AvgIpc) is 3.04. The van der Waals surface area contributed by atoms with E-state index in [9.17, 15) is 9.90 Å². The molecule has 130 valence electrons. The second-order valence-corrected chi connectivity index (χ2v) is 6.62. The number of nitrogens with zero attached hydrogens (tertiary/aromatic N) is 2. The molecule has 2 aromatic rings. The lowest BCUT2D eigenvalue weighted by Crippen LogP contribution is -2.43. The third-order valence-electron chi connectivity index (χ3n) is 4.93. The Morgan fingerprint density at radius 3 is 2.84 bits per heavy atom. The molecule has 0 saturated carbocycles. The van der Waals surface area contributed by atoms with Crippen LogP contribution in [0.2, 0.25) is 0 Å². The predicted octanol–water partition coefficient (Wildman–Crippen LogP) is 1.73. The van der Waals surface area contributed by atoms with E-state index in [0.29, 0.717) is 12.6 Å². The van der Waals surface area contributed by atoms with Crippen molar-refractivity contribution in [1.82, 2.24) is 15.2 Å². The predicted molar refractivity (Wildman–Crippen MR) is 92.3 cm³/mol. The Kier molecular flexibility index (Phi) is 4.38. The van der Waals surface area contributed by atoms with Crippen LogP contribution in [0.3, 0.4) is 0 Å². The van der Waals surface area contributed by atoms with E-state index in [4.69, 9.17) is 4.74 Å². The zero-order chi connectivity index (χ0) is 17.2. The number of carbonyl (C=O) groups excluding carboxylic acids is 1. The third-order valence-corrected chi connectivity index (χ3v) is 4.93. The van der Waals surface area contributed by atoms with Crippen LogP contribution in [0.15, 0.2) is 48.7 Å². The minimum absolute atomic E-state index is 0.0389. The van der Waals surface area contributed by atoms with Gasteiger partial charge in [0, 0.05) is 31.4 Å². The fourth-order valence-electron chi connectivity index (χ4n) is 3.67. The number of carbonyl (C=O) groups is 1. The lowest BCUT2D eigenvalue weighted by molar-refractivity contribution is -0.0502. The summed E-state index contributed by atoms with van der Waals surface area (Å²) in [5.74, 6) is -0.424. The van der Waals surface area contributed by atoms with Crippen molar-refractivity contribution in [3.8, 4) is 5.75 Å². The summed E-state index contributed by atoms with van der Waals surface area (Å²) in [5.41, 5.74) is 1.26. The van der Waals surface area contributed by atoms with Crippen LogP contribution in [-0.4, -0.2) is 52.7 Å². The van der Waals surface area contributed by atoms with Crippen LogP contribution in [0.25, 0.3) is 0 Å². The van der Waals surface area contributed by atoms with Crippen LogP contribution in [0.5, 0.6) is 5.75 Å². The number of morpholine rings is 1. The number of aromatic hydroxyl groups is 1. The summed E-state index contributed by atoms with van der Waals surface area (Å²) < 4.78 is 6.03. The van der Waals surface area contributed by atoms with E-state index in [0.717, 1.165) is 19.5 Å². The van der Waals surface area contributed by atoms with Crippen molar-refractivity contribution < 1.29 is 14.6 Å². The first-order valence-electron chi connectivity index (χ1n) is 8.56. The van der Waals surface area contributed by atoms with Crippen molar-refractivity contribution in [3.63, 3.8) is 0 Å². The third kappa shape index (κ3) is 3.36. The minimum Gasteiger partial charge on any atom is -0.505 e. The molecule has 25 heavy (non-hydrogen) atoms. The fraction of sp³-hybridized carbons (Fsp3) is 0.368. The van der Waals surface area contributed by atoms with E-state index in [1.54, 1.807) is 6.07 Å². The largest absolute Gasteiger partial charge is 0.505 e. The van der Waals surface area contributed by atoms with E-state index >= 15 is 0 Å². The minimum atomic E-state index is -0.330. The van der Waals surface area contributed by atoms with Crippen molar-refractivity contribution in [1.29, 1.82) is 0 Å². The molecule has 2 saturated heterocycles. The van der Waals surface area contributed by atoms with Crippen LogP contribution in [0.4, 0.5) is 0 Å². The van der Waals surface area contributed by atoms with Crippen LogP contribution in [-0.2, 0) is 4.74 Å². The van der Waals surface area contributed by atoms with Gasteiger partial charge in [0.15, 0.2) is 5.69 Å². The molecule has 6 nitrogen and oxygen atoms in total. The number of benzene rings is 1. The first-order chi connectivity index (χ1) is 12.2. The Hall–Kier alpha value is -2.44. The van der Waals surface area contributed by atoms with E-state index in [-0.39, 0.29) is 29.5 Å². The first-order valence-corrected chi connectivity index (χ1v) is 8.56. The fourth-order valence-corrected chi connectivity index (χ4v) is 3.67. The van der Waals surface area contributed by atoms with Gasteiger partial charge in [-0.15, -0.1) is 0 Å². The van der Waals surface area contributed by atoms with Crippen molar-refractivity contribution in [2.75, 3.05) is 19.7 Å². The highest BCUT2D eigenvalue weighted by Crippen LogP contribution is 2.30. The molecule has 2 aliphatic rings. The maximum absolute atomic E-state index is 12.3. The Morgan fingerprint density at radius 1 is 1.20 bits per heavy atom. The van der Waals surface area contributed by atoms with Gasteiger partial charge in [-0.25, -0.2) is 4.98 Å². The topological polar surface area (TPSA) is 74.7 Å². The molecule has 0 spiro atoms. The zero-order valence-electron chi connectivity index (χ0n) is 13.8. The quantitative estimate of drug-likeness (QED) is 0.891. The number of pyridine rings is 1. The van der Waals surface area contributed by atoms with Gasteiger partial charge >= 0.3 is 0 Å². The molecule has 3 heterocycles. The van der Waals surface area contributed by atoms with E-state index in [1.165, 1.54) is 17.8 Å². The lowest BCUT2D eigenvalue weighted by atomic mass is 10.1. The monoisotopic (exact) mass is 339 g/mol. The molecule has 3 atom stereocenters. The molecule has 2 aliphatic heterocycles. The van der Waals surface area contributed by atoms with Gasteiger partial charge in [-0.3, -0.25) is 9.69 Å². The molecule has 2 fully saturated rings. The average molecular weight is 339 g/mol. The molecule has 1 aromatic heterocycles. The zero-order valence-corrected chi connectivity index (χ0v) is 13.8. The SMILES string of the molecule is O=C(N[C@H]1C[C@H]2CO[C@@H](c3ccccc3)CN2C1)c1ncccc1O. The van der Waals surface area contributed by atoms with E-state index in [2.05, 4.69) is 27.3 Å². The van der Waals surface area contributed by atoms with Crippen molar-refractivity contribution >= 4 is 5.91 Å². The number of nitrogens with one attached hydrogen (secondary N) is 1.